The monoisotopic (exact) mass is 358 g/mol. The number of benzene rings is 2. The topological polar surface area (TPSA) is 101 Å². The summed E-state index contributed by atoms with van der Waals surface area (Å²) in [4.78, 5) is 2.31. The van der Waals surface area contributed by atoms with E-state index in [1.165, 1.54) is 12.1 Å². The molecule has 0 spiro atoms. The molecular weight excluding hydrogens is 336 g/mol. The number of nitrogens with zero attached hydrogens (tertiary/aromatic N) is 4. The largest absolute Gasteiger partial charge is 0.769 e. The van der Waals surface area contributed by atoms with Gasteiger partial charge in [0.25, 0.3) is 0 Å². The highest BCUT2D eigenvalue weighted by Crippen LogP contribution is 2.34. The van der Waals surface area contributed by atoms with Crippen LogP contribution in [0.1, 0.15) is 13.8 Å². The van der Waals surface area contributed by atoms with Crippen molar-refractivity contribution in [3.8, 4) is 0 Å². The molecule has 0 fully saturated rings. The minimum absolute atomic E-state index is 0.00977. The molecule has 0 saturated heterocycles. The van der Waals surface area contributed by atoms with Crippen LogP contribution in [-0.4, -0.2) is 39.5 Å². The Hall–Kier alpha value is -2.36. The molecule has 8 nitrogen and oxygen atoms in total. The van der Waals surface area contributed by atoms with E-state index in [9.17, 15) is 20.8 Å². The molecule has 3 aromatic rings. The van der Waals surface area contributed by atoms with E-state index in [-0.39, 0.29) is 16.6 Å². The highest BCUT2D eigenvalue weighted by atomic mass is 16.8. The summed E-state index contributed by atoms with van der Waals surface area (Å²) in [7, 11) is 0. The van der Waals surface area contributed by atoms with E-state index >= 15 is 0 Å². The summed E-state index contributed by atoms with van der Waals surface area (Å²) >= 11 is 0. The van der Waals surface area contributed by atoms with Crippen LogP contribution < -0.4 is 10.5 Å². The Morgan fingerprint density at radius 2 is 1.42 bits per heavy atom. The van der Waals surface area contributed by atoms with E-state index in [4.69, 9.17) is 0 Å². The molecule has 2 N–H and O–H groups in total. The van der Waals surface area contributed by atoms with E-state index in [0.29, 0.717) is 0 Å². The quantitative estimate of drug-likeness (QED) is 0.623. The van der Waals surface area contributed by atoms with E-state index in [1.807, 2.05) is 0 Å². The van der Waals surface area contributed by atoms with Gasteiger partial charge in [-0.3, -0.25) is 10.4 Å². The molecule has 3 rings (SSSR count). The van der Waals surface area contributed by atoms with Crippen LogP contribution in [0, 0.1) is 10.4 Å². The van der Waals surface area contributed by atoms with Crippen molar-refractivity contribution in [1.29, 1.82) is 0 Å². The van der Waals surface area contributed by atoms with E-state index in [0.717, 1.165) is 48.0 Å². The van der Waals surface area contributed by atoms with E-state index in [1.54, 1.807) is 24.3 Å². The van der Waals surface area contributed by atoms with E-state index in [2.05, 4.69) is 23.3 Å². The van der Waals surface area contributed by atoms with Crippen molar-refractivity contribution in [1.82, 2.24) is 9.47 Å². The summed E-state index contributed by atoms with van der Waals surface area (Å²) < 4.78 is 2.12. The Bertz CT molecular complexity index is 838. The summed E-state index contributed by atoms with van der Waals surface area (Å²) in [5.41, 5.74) is 2.00. The summed E-state index contributed by atoms with van der Waals surface area (Å²) in [6.45, 7) is 7.72. The molecule has 8 heteroatoms. The van der Waals surface area contributed by atoms with Gasteiger partial charge in [0.2, 0.25) is 0 Å². The maximum atomic E-state index is 11.2. The van der Waals surface area contributed by atoms with Gasteiger partial charge >= 0.3 is 0 Å². The SMILES string of the molecule is CCN(CC)CCn1c2ccc(N([O-])[O-])cc2c2cc(N(O)O)ccc21. The summed E-state index contributed by atoms with van der Waals surface area (Å²) in [5.74, 6) is 0. The van der Waals surface area contributed by atoms with Crippen LogP contribution >= 0.6 is 0 Å². The van der Waals surface area contributed by atoms with Crippen molar-refractivity contribution in [2.24, 2.45) is 0 Å². The number of aromatic nitrogens is 1. The van der Waals surface area contributed by atoms with Crippen LogP contribution in [0.2, 0.25) is 0 Å². The minimum Gasteiger partial charge on any atom is -0.769 e. The lowest BCUT2D eigenvalue weighted by Crippen LogP contribution is -2.26. The fourth-order valence-corrected chi connectivity index (χ4v) is 3.34. The second-order valence-electron chi connectivity index (χ2n) is 6.13. The molecule has 0 amide bonds. The second-order valence-corrected chi connectivity index (χ2v) is 6.13. The van der Waals surface area contributed by atoms with Gasteiger partial charge < -0.3 is 25.1 Å². The Kier molecular flexibility index (Phi) is 5.30. The maximum Gasteiger partial charge on any atom is 0.0950 e. The van der Waals surface area contributed by atoms with Gasteiger partial charge in [0.15, 0.2) is 0 Å². The lowest BCUT2D eigenvalue weighted by Gasteiger charge is -2.37. The molecule has 0 aliphatic carbocycles. The molecule has 0 atom stereocenters. The lowest BCUT2D eigenvalue weighted by molar-refractivity contribution is 0.0292. The second kappa shape index (κ2) is 7.48. The molecule has 0 aliphatic heterocycles. The van der Waals surface area contributed by atoms with Gasteiger partial charge in [-0.2, -0.15) is 0 Å². The molecule has 0 bridgehead atoms. The Morgan fingerprint density at radius 3 is 1.92 bits per heavy atom. The molecule has 0 aliphatic rings. The molecule has 1 aromatic heterocycles. The number of rotatable bonds is 7. The highest BCUT2D eigenvalue weighted by Gasteiger charge is 2.13. The van der Waals surface area contributed by atoms with E-state index < -0.39 is 5.23 Å². The zero-order valence-electron chi connectivity index (χ0n) is 14.8. The highest BCUT2D eigenvalue weighted by molar-refractivity contribution is 6.10. The molecule has 0 radical (unpaired) electrons. The summed E-state index contributed by atoms with van der Waals surface area (Å²) in [6.07, 6.45) is 0. The average molecular weight is 358 g/mol. The molecule has 2 aromatic carbocycles. The fourth-order valence-electron chi connectivity index (χ4n) is 3.34. The smallest absolute Gasteiger partial charge is 0.0950 e. The molecular formula is C18H22N4O4-2. The van der Waals surface area contributed by atoms with Crippen LogP contribution in [0.5, 0.6) is 0 Å². The van der Waals surface area contributed by atoms with Crippen molar-refractivity contribution in [3.05, 3.63) is 46.8 Å². The standard InChI is InChI=1S/C18H22N4O4/c1-3-19(4-2)9-10-20-17-7-5-13(21(23)24)11-15(17)16-12-14(22(25)26)6-8-18(16)20/h5-8,11-12,23-24H,3-4,9-10H2,1-2H3/q-2. The maximum absolute atomic E-state index is 11.2. The van der Waals surface area contributed by atoms with Crippen molar-refractivity contribution in [3.63, 3.8) is 0 Å². The van der Waals surface area contributed by atoms with Gasteiger partial charge in [-0.25, -0.2) is 0 Å². The first-order chi connectivity index (χ1) is 12.5. The third-order valence-electron chi connectivity index (χ3n) is 4.81. The molecule has 26 heavy (non-hydrogen) atoms. The fraction of sp³-hybridized carbons (Fsp3) is 0.333. The first-order valence-electron chi connectivity index (χ1n) is 8.56. The van der Waals surface area contributed by atoms with Crippen LogP contribution in [0.3, 0.4) is 0 Å². The number of hydrogen-bond donors (Lipinski definition) is 2. The third-order valence-corrected chi connectivity index (χ3v) is 4.81. The number of anilines is 2. The van der Waals surface area contributed by atoms with Gasteiger partial charge in [-0.05, 0) is 49.5 Å². The summed E-state index contributed by atoms with van der Waals surface area (Å²) in [6, 6.07) is 9.82. The predicted octanol–water partition coefficient (Wildman–Crippen LogP) is 3.52. The third kappa shape index (κ3) is 3.33. The molecule has 0 saturated carbocycles. The Morgan fingerprint density at radius 1 is 0.885 bits per heavy atom. The predicted molar refractivity (Wildman–Crippen MR) is 102 cm³/mol. The van der Waals surface area contributed by atoms with Crippen LogP contribution in [-0.2, 0) is 6.54 Å². The zero-order chi connectivity index (χ0) is 18.8. The van der Waals surface area contributed by atoms with Gasteiger partial charge in [0.05, 0.1) is 5.69 Å². The van der Waals surface area contributed by atoms with Gasteiger partial charge in [0, 0.05) is 40.6 Å². The number of hydrogen-bond acceptors (Lipinski definition) is 7. The number of fused-ring (bicyclic) bond motifs is 3. The minimum atomic E-state index is -0.424. The van der Waals surface area contributed by atoms with Crippen molar-refractivity contribution in [2.75, 3.05) is 30.1 Å². The first-order valence-corrected chi connectivity index (χ1v) is 8.56. The van der Waals surface area contributed by atoms with Crippen LogP contribution in [0.4, 0.5) is 11.4 Å². The molecule has 1 heterocycles. The first kappa shape index (κ1) is 18.4. The van der Waals surface area contributed by atoms with Crippen LogP contribution in [0.25, 0.3) is 21.8 Å². The van der Waals surface area contributed by atoms with Crippen molar-refractivity contribution >= 4 is 33.2 Å². The molecule has 0 unspecified atom stereocenters. The van der Waals surface area contributed by atoms with Gasteiger partial charge in [0.1, 0.15) is 0 Å². The van der Waals surface area contributed by atoms with Crippen LogP contribution in [0.15, 0.2) is 36.4 Å². The molecule has 140 valence electrons. The Balaban J connectivity index is 2.17. The number of likely N-dealkylation sites (N-methyl/N-ethyl adjacent to an activating group) is 1. The van der Waals surface area contributed by atoms with Gasteiger partial charge in [-0.15, -0.1) is 5.23 Å². The lowest BCUT2D eigenvalue weighted by atomic mass is 10.1. The van der Waals surface area contributed by atoms with Crippen molar-refractivity contribution in [2.45, 2.75) is 20.4 Å². The Labute approximate surface area is 151 Å². The van der Waals surface area contributed by atoms with Crippen molar-refractivity contribution < 1.29 is 10.4 Å². The summed E-state index contributed by atoms with van der Waals surface area (Å²) in [5, 5.41) is 42.0. The zero-order valence-corrected chi connectivity index (χ0v) is 14.8. The van der Waals surface area contributed by atoms with Gasteiger partial charge in [-0.1, -0.05) is 13.8 Å². The normalized spacial score (nSPS) is 11.7. The average Bonchev–Trinajstić information content (AvgIpc) is 2.95.